The Morgan fingerprint density at radius 3 is 2.44 bits per heavy atom. The Hall–Kier alpha value is -0.620. The van der Waals surface area contributed by atoms with Crippen LogP contribution in [0.5, 0.6) is 0 Å². The average molecular weight is 332 g/mol. The number of hydrogen-bond acceptors (Lipinski definition) is 2. The van der Waals surface area contributed by atoms with Gasteiger partial charge in [-0.25, -0.2) is 0 Å². The van der Waals surface area contributed by atoms with Gasteiger partial charge in [-0.05, 0) is 52.8 Å². The zero-order valence-electron chi connectivity index (χ0n) is 9.53. The van der Waals surface area contributed by atoms with E-state index >= 15 is 0 Å². The first-order valence-electron chi connectivity index (χ1n) is 5.30. The van der Waals surface area contributed by atoms with E-state index < -0.39 is 0 Å². The van der Waals surface area contributed by atoms with Crippen LogP contribution in [0.3, 0.4) is 0 Å². The maximum Gasteiger partial charge on any atom is 0.251 e. The minimum atomic E-state index is -0.0625. The molecule has 4 heteroatoms. The van der Waals surface area contributed by atoms with E-state index in [1.165, 1.54) is 0 Å². The number of nitrogens with one attached hydrogen (secondary N) is 1. The van der Waals surface area contributed by atoms with Gasteiger partial charge < -0.3 is 11.1 Å². The van der Waals surface area contributed by atoms with E-state index in [0.29, 0.717) is 18.0 Å². The molecule has 1 aromatic carbocycles. The third kappa shape index (κ3) is 4.09. The Kier molecular flexibility index (Phi) is 5.21. The number of rotatable bonds is 4. The standard InChI is InChI=1S/C12H17IN2O/c1-8(2)11(14)7-15-12(16)9-3-5-10(13)6-4-9/h3-6,8,11H,7,14H2,1-2H3,(H,15,16). The summed E-state index contributed by atoms with van der Waals surface area (Å²) in [4.78, 5) is 11.7. The Balaban J connectivity index is 2.50. The van der Waals surface area contributed by atoms with Gasteiger partial charge in [-0.3, -0.25) is 4.79 Å². The molecule has 0 heterocycles. The Bertz CT molecular complexity index is 349. The molecule has 0 saturated heterocycles. The van der Waals surface area contributed by atoms with Crippen LogP contribution in [0.4, 0.5) is 0 Å². The van der Waals surface area contributed by atoms with Crippen molar-refractivity contribution in [2.45, 2.75) is 19.9 Å². The molecule has 88 valence electrons. The number of amides is 1. The molecule has 0 saturated carbocycles. The summed E-state index contributed by atoms with van der Waals surface area (Å²) in [6.07, 6.45) is 0. The van der Waals surface area contributed by atoms with Crippen molar-refractivity contribution in [1.82, 2.24) is 5.32 Å². The Morgan fingerprint density at radius 2 is 1.94 bits per heavy atom. The first-order chi connectivity index (χ1) is 7.50. The molecule has 0 aromatic heterocycles. The van der Waals surface area contributed by atoms with Crippen molar-refractivity contribution >= 4 is 28.5 Å². The lowest BCUT2D eigenvalue weighted by molar-refractivity contribution is 0.0949. The minimum absolute atomic E-state index is 0.00722. The van der Waals surface area contributed by atoms with Crippen molar-refractivity contribution in [3.8, 4) is 0 Å². The van der Waals surface area contributed by atoms with Crippen LogP contribution in [0.25, 0.3) is 0 Å². The van der Waals surface area contributed by atoms with E-state index in [4.69, 9.17) is 5.73 Å². The van der Waals surface area contributed by atoms with Crippen LogP contribution in [-0.2, 0) is 0 Å². The van der Waals surface area contributed by atoms with Gasteiger partial charge in [0.15, 0.2) is 0 Å². The van der Waals surface area contributed by atoms with Gasteiger partial charge in [0, 0.05) is 21.7 Å². The largest absolute Gasteiger partial charge is 0.350 e. The molecule has 0 aliphatic carbocycles. The molecule has 16 heavy (non-hydrogen) atoms. The Morgan fingerprint density at radius 1 is 1.38 bits per heavy atom. The van der Waals surface area contributed by atoms with Gasteiger partial charge in [0.25, 0.3) is 5.91 Å². The van der Waals surface area contributed by atoms with E-state index in [1.807, 2.05) is 38.1 Å². The highest BCUT2D eigenvalue weighted by Gasteiger charge is 2.10. The molecule has 0 radical (unpaired) electrons. The summed E-state index contributed by atoms with van der Waals surface area (Å²) in [6, 6.07) is 7.47. The first kappa shape index (κ1) is 13.4. The first-order valence-corrected chi connectivity index (χ1v) is 6.38. The number of hydrogen-bond donors (Lipinski definition) is 2. The van der Waals surface area contributed by atoms with Gasteiger partial charge in [-0.1, -0.05) is 13.8 Å². The van der Waals surface area contributed by atoms with Gasteiger partial charge >= 0.3 is 0 Å². The third-order valence-corrected chi connectivity index (χ3v) is 3.18. The highest BCUT2D eigenvalue weighted by atomic mass is 127. The fourth-order valence-corrected chi connectivity index (χ4v) is 1.51. The molecule has 0 bridgehead atoms. The molecule has 1 amide bonds. The van der Waals surface area contributed by atoms with Crippen molar-refractivity contribution < 1.29 is 4.79 Å². The second-order valence-electron chi connectivity index (χ2n) is 4.12. The van der Waals surface area contributed by atoms with E-state index in [2.05, 4.69) is 27.9 Å². The van der Waals surface area contributed by atoms with Crippen LogP contribution >= 0.6 is 22.6 Å². The summed E-state index contributed by atoms with van der Waals surface area (Å²) >= 11 is 2.21. The van der Waals surface area contributed by atoms with E-state index in [1.54, 1.807) is 0 Å². The van der Waals surface area contributed by atoms with Gasteiger partial charge in [0.1, 0.15) is 0 Å². The second kappa shape index (κ2) is 6.20. The average Bonchev–Trinajstić information content (AvgIpc) is 2.26. The topological polar surface area (TPSA) is 55.1 Å². The van der Waals surface area contributed by atoms with Crippen molar-refractivity contribution in [2.24, 2.45) is 11.7 Å². The lowest BCUT2D eigenvalue weighted by Gasteiger charge is -2.16. The van der Waals surface area contributed by atoms with Gasteiger partial charge in [0.2, 0.25) is 0 Å². The van der Waals surface area contributed by atoms with Crippen LogP contribution in [0.15, 0.2) is 24.3 Å². The molecule has 3 N–H and O–H groups in total. The van der Waals surface area contributed by atoms with Crippen LogP contribution in [0.1, 0.15) is 24.2 Å². The SMILES string of the molecule is CC(C)C(N)CNC(=O)c1ccc(I)cc1. The van der Waals surface area contributed by atoms with Gasteiger partial charge in [0.05, 0.1) is 0 Å². The number of nitrogens with two attached hydrogens (primary N) is 1. The Labute approximate surface area is 110 Å². The molecule has 1 aromatic rings. The second-order valence-corrected chi connectivity index (χ2v) is 5.37. The maximum absolute atomic E-state index is 11.7. The molecule has 1 atom stereocenters. The normalized spacial score (nSPS) is 12.6. The molecule has 1 rings (SSSR count). The predicted molar refractivity (Wildman–Crippen MR) is 74.3 cm³/mol. The zero-order valence-corrected chi connectivity index (χ0v) is 11.7. The number of carbonyl (C=O) groups excluding carboxylic acids is 1. The molecule has 0 aliphatic rings. The van der Waals surface area contributed by atoms with Crippen LogP contribution in [0, 0.1) is 9.49 Å². The molecule has 3 nitrogen and oxygen atoms in total. The molecular weight excluding hydrogens is 315 g/mol. The van der Waals surface area contributed by atoms with Crippen LogP contribution in [-0.4, -0.2) is 18.5 Å². The number of halogens is 1. The number of benzene rings is 1. The van der Waals surface area contributed by atoms with Crippen molar-refractivity contribution in [1.29, 1.82) is 0 Å². The van der Waals surface area contributed by atoms with Crippen molar-refractivity contribution in [3.05, 3.63) is 33.4 Å². The predicted octanol–water partition coefficient (Wildman–Crippen LogP) is 2.00. The van der Waals surface area contributed by atoms with E-state index in [-0.39, 0.29) is 11.9 Å². The third-order valence-electron chi connectivity index (χ3n) is 2.46. The van der Waals surface area contributed by atoms with Crippen LogP contribution < -0.4 is 11.1 Å². The fourth-order valence-electron chi connectivity index (χ4n) is 1.15. The van der Waals surface area contributed by atoms with Gasteiger partial charge in [-0.2, -0.15) is 0 Å². The van der Waals surface area contributed by atoms with Gasteiger partial charge in [-0.15, -0.1) is 0 Å². The monoisotopic (exact) mass is 332 g/mol. The zero-order chi connectivity index (χ0) is 12.1. The summed E-state index contributed by atoms with van der Waals surface area (Å²) in [5.74, 6) is 0.310. The fraction of sp³-hybridized carbons (Fsp3) is 0.417. The van der Waals surface area contributed by atoms with E-state index in [9.17, 15) is 4.79 Å². The van der Waals surface area contributed by atoms with Crippen molar-refractivity contribution in [2.75, 3.05) is 6.54 Å². The maximum atomic E-state index is 11.7. The molecular formula is C12H17IN2O. The summed E-state index contributed by atoms with van der Waals surface area (Å²) < 4.78 is 1.12. The van der Waals surface area contributed by atoms with E-state index in [0.717, 1.165) is 3.57 Å². The molecule has 0 spiro atoms. The smallest absolute Gasteiger partial charge is 0.251 e. The number of carbonyl (C=O) groups is 1. The molecule has 0 fully saturated rings. The quantitative estimate of drug-likeness (QED) is 0.829. The van der Waals surface area contributed by atoms with Crippen molar-refractivity contribution in [3.63, 3.8) is 0 Å². The minimum Gasteiger partial charge on any atom is -0.350 e. The highest BCUT2D eigenvalue weighted by Crippen LogP contribution is 2.06. The summed E-state index contributed by atoms with van der Waals surface area (Å²) in [7, 11) is 0. The molecule has 1 unspecified atom stereocenters. The summed E-state index contributed by atoms with van der Waals surface area (Å²) in [5, 5.41) is 2.83. The lowest BCUT2D eigenvalue weighted by atomic mass is 10.1. The van der Waals surface area contributed by atoms with Crippen LogP contribution in [0.2, 0.25) is 0 Å². The molecule has 0 aliphatic heterocycles. The summed E-state index contributed by atoms with van der Waals surface area (Å²) in [6.45, 7) is 4.60. The summed E-state index contributed by atoms with van der Waals surface area (Å²) in [5.41, 5.74) is 6.53. The lowest BCUT2D eigenvalue weighted by Crippen LogP contribution is -2.40. The highest BCUT2D eigenvalue weighted by molar-refractivity contribution is 14.1.